The van der Waals surface area contributed by atoms with Crippen LogP contribution in [0.1, 0.15) is 0 Å². The van der Waals surface area contributed by atoms with Gasteiger partial charge in [-0.2, -0.15) is 0 Å². The zero-order valence-electron chi connectivity index (χ0n) is 34.6. The second-order valence-electron chi connectivity index (χ2n) is 16.1. The van der Waals surface area contributed by atoms with Crippen molar-refractivity contribution < 1.29 is 0 Å². The monoisotopic (exact) mass is 815 g/mol. The number of para-hydroxylation sites is 3. The van der Waals surface area contributed by atoms with E-state index in [0.29, 0.717) is 11.6 Å². The first kappa shape index (κ1) is 37.0. The fraction of sp³-hybridized carbons (Fsp3) is 0. The van der Waals surface area contributed by atoms with Gasteiger partial charge in [-0.3, -0.25) is 4.57 Å². The van der Waals surface area contributed by atoms with Gasteiger partial charge >= 0.3 is 0 Å². The van der Waals surface area contributed by atoms with E-state index < -0.39 is 0 Å². The smallest absolute Gasteiger partial charge is 0.235 e. The lowest BCUT2D eigenvalue weighted by Gasteiger charge is -2.12. The van der Waals surface area contributed by atoms with Crippen LogP contribution in [0.3, 0.4) is 0 Å². The normalized spacial score (nSPS) is 11.4. The summed E-state index contributed by atoms with van der Waals surface area (Å²) in [6.45, 7) is 7.46. The van der Waals surface area contributed by atoms with Gasteiger partial charge in [0.2, 0.25) is 5.95 Å². The zero-order valence-corrected chi connectivity index (χ0v) is 34.6. The summed E-state index contributed by atoms with van der Waals surface area (Å²) in [7, 11) is 0. The molecular weight excluding hydrogens is 779 g/mol. The van der Waals surface area contributed by atoms with Gasteiger partial charge in [-0.15, -0.1) is 0 Å². The van der Waals surface area contributed by atoms with Crippen molar-refractivity contribution in [3.05, 3.63) is 236 Å². The summed E-state index contributed by atoms with van der Waals surface area (Å²) < 4.78 is 4.54. The van der Waals surface area contributed by atoms with E-state index >= 15 is 0 Å². The van der Waals surface area contributed by atoms with Crippen molar-refractivity contribution in [1.29, 1.82) is 0 Å². The molecule has 298 valence electrons. The van der Waals surface area contributed by atoms with Crippen molar-refractivity contribution in [2.45, 2.75) is 0 Å². The van der Waals surface area contributed by atoms with Crippen LogP contribution in [0.4, 0.5) is 5.69 Å². The molecule has 12 aromatic rings. The molecule has 5 nitrogen and oxygen atoms in total. The van der Waals surface area contributed by atoms with Crippen molar-refractivity contribution in [3.8, 4) is 67.5 Å². The molecular formula is C59H37N5. The Morgan fingerprint density at radius 3 is 1.27 bits per heavy atom. The number of hydrogen-bond donors (Lipinski definition) is 0. The van der Waals surface area contributed by atoms with E-state index in [-0.39, 0.29) is 0 Å². The van der Waals surface area contributed by atoms with Gasteiger partial charge in [0.05, 0.1) is 40.0 Å². The lowest BCUT2D eigenvalue weighted by molar-refractivity contribution is 0.995. The molecule has 0 spiro atoms. The van der Waals surface area contributed by atoms with E-state index in [0.717, 1.165) is 66.7 Å². The van der Waals surface area contributed by atoms with Crippen molar-refractivity contribution in [2.75, 3.05) is 0 Å². The second kappa shape index (κ2) is 15.3. The Balaban J connectivity index is 0.933. The van der Waals surface area contributed by atoms with Crippen LogP contribution in [0, 0.1) is 6.57 Å². The van der Waals surface area contributed by atoms with E-state index in [1.807, 2.05) is 48.5 Å². The highest BCUT2D eigenvalue weighted by Crippen LogP contribution is 2.39. The number of aromatic nitrogens is 4. The van der Waals surface area contributed by atoms with Crippen LogP contribution < -0.4 is 0 Å². The number of hydrogen-bond acceptors (Lipinski definition) is 2. The molecule has 0 aliphatic heterocycles. The minimum absolute atomic E-state index is 0.590. The molecule has 3 heterocycles. The van der Waals surface area contributed by atoms with Gasteiger partial charge in [0, 0.05) is 32.8 Å². The van der Waals surface area contributed by atoms with E-state index in [9.17, 15) is 0 Å². The minimum atomic E-state index is 0.590. The first-order chi connectivity index (χ1) is 31.7. The fourth-order valence-electron chi connectivity index (χ4n) is 9.28. The van der Waals surface area contributed by atoms with Crippen molar-refractivity contribution in [1.82, 2.24) is 19.1 Å². The van der Waals surface area contributed by atoms with E-state index in [4.69, 9.17) is 16.5 Å². The number of fused-ring (bicyclic) bond motifs is 6. The van der Waals surface area contributed by atoms with Crippen molar-refractivity contribution in [3.63, 3.8) is 0 Å². The molecule has 0 saturated heterocycles. The van der Waals surface area contributed by atoms with Crippen LogP contribution in [0.2, 0.25) is 0 Å². The van der Waals surface area contributed by atoms with Crippen LogP contribution in [0.15, 0.2) is 224 Å². The summed E-state index contributed by atoms with van der Waals surface area (Å²) in [5.41, 5.74) is 16.7. The Hall–Kier alpha value is -8.85. The van der Waals surface area contributed by atoms with Crippen LogP contribution in [-0.2, 0) is 0 Å². The van der Waals surface area contributed by atoms with E-state index in [1.54, 1.807) is 0 Å². The molecule has 5 heteroatoms. The molecule has 64 heavy (non-hydrogen) atoms. The lowest BCUT2D eigenvalue weighted by atomic mass is 9.95. The average molecular weight is 816 g/mol. The maximum atomic E-state index is 7.46. The van der Waals surface area contributed by atoms with Gasteiger partial charge in [-0.25, -0.2) is 14.8 Å². The molecule has 0 N–H and O–H groups in total. The Bertz CT molecular complexity index is 3780. The van der Waals surface area contributed by atoms with Crippen LogP contribution in [0.25, 0.3) is 116 Å². The van der Waals surface area contributed by atoms with Crippen molar-refractivity contribution in [2.24, 2.45) is 0 Å². The number of nitrogens with zero attached hydrogens (tertiary/aromatic N) is 5. The Morgan fingerprint density at radius 2 is 0.719 bits per heavy atom. The molecule has 0 aliphatic carbocycles. The number of rotatable bonds is 7. The maximum Gasteiger partial charge on any atom is 0.235 e. The van der Waals surface area contributed by atoms with Gasteiger partial charge in [0.25, 0.3) is 0 Å². The van der Waals surface area contributed by atoms with Gasteiger partial charge in [0.15, 0.2) is 5.69 Å². The maximum absolute atomic E-state index is 7.46. The van der Waals surface area contributed by atoms with E-state index in [1.165, 1.54) is 38.5 Å². The highest BCUT2D eigenvalue weighted by molar-refractivity contribution is 6.11. The predicted octanol–water partition coefficient (Wildman–Crippen LogP) is 15.6. The molecule has 0 atom stereocenters. The van der Waals surface area contributed by atoms with Crippen LogP contribution >= 0.6 is 0 Å². The van der Waals surface area contributed by atoms with Gasteiger partial charge in [-0.1, -0.05) is 158 Å². The van der Waals surface area contributed by atoms with Crippen molar-refractivity contribution >= 4 is 49.3 Å². The molecule has 3 aromatic heterocycles. The quantitative estimate of drug-likeness (QED) is 0.150. The van der Waals surface area contributed by atoms with Gasteiger partial charge in [0.1, 0.15) is 0 Å². The third-order valence-corrected chi connectivity index (χ3v) is 12.4. The first-order valence-electron chi connectivity index (χ1n) is 21.4. The molecule has 0 fully saturated rings. The highest BCUT2D eigenvalue weighted by Gasteiger charge is 2.19. The molecule has 0 unspecified atom stereocenters. The average Bonchev–Trinajstić information content (AvgIpc) is 3.89. The summed E-state index contributed by atoms with van der Waals surface area (Å²) in [6, 6.07) is 79.0. The summed E-state index contributed by atoms with van der Waals surface area (Å²) in [4.78, 5) is 14.0. The third kappa shape index (κ3) is 6.33. The minimum Gasteiger partial charge on any atom is -0.309 e. The predicted molar refractivity (Wildman–Crippen MR) is 264 cm³/mol. The Morgan fingerprint density at radius 1 is 0.312 bits per heavy atom. The highest BCUT2D eigenvalue weighted by atomic mass is 15.2. The number of benzene rings is 9. The van der Waals surface area contributed by atoms with Crippen LogP contribution in [0.5, 0.6) is 0 Å². The lowest BCUT2D eigenvalue weighted by Crippen LogP contribution is -2.04. The van der Waals surface area contributed by atoms with Gasteiger partial charge in [-0.05, 0) is 106 Å². The Labute approximate surface area is 370 Å². The summed E-state index contributed by atoms with van der Waals surface area (Å²) in [5.74, 6) is 0.590. The van der Waals surface area contributed by atoms with Gasteiger partial charge < -0.3 is 4.57 Å². The summed E-state index contributed by atoms with van der Waals surface area (Å²) in [6.07, 6.45) is 0. The fourth-order valence-corrected chi connectivity index (χ4v) is 9.28. The molecule has 0 radical (unpaired) electrons. The first-order valence-corrected chi connectivity index (χ1v) is 21.4. The SMILES string of the molecule is [C-]#[N+]c1ccc(-c2cc(-c3ccccc3)nc(-n3c4ccccc4c4cc(-c5cccc(-c6cccc(-c7ccc8c(c7)c7ccccc7n8-c7ccccc7)c6)c5)ccc43)n2)cc1. The second-order valence-corrected chi connectivity index (χ2v) is 16.1. The standard InChI is InChI=1S/C59H37N5/c1-60-47-30-26-40(27-31-47)54-38-53(39-14-4-2-5-15-39)61-59(62-54)64-56-25-11-9-23-50(56)52-37-46(29-33-58(52)64)44-19-13-17-42(35-44)41-16-12-18-43(34-41)45-28-32-57-51(36-45)49-22-8-10-24-55(49)63(57)48-20-6-3-7-21-48/h2-38H. The Kier molecular flexibility index (Phi) is 8.81. The van der Waals surface area contributed by atoms with Crippen LogP contribution in [-0.4, -0.2) is 19.1 Å². The molecule has 0 amide bonds. The summed E-state index contributed by atoms with van der Waals surface area (Å²) in [5, 5.41) is 4.74. The third-order valence-electron chi connectivity index (χ3n) is 12.4. The molecule has 0 bridgehead atoms. The van der Waals surface area contributed by atoms with E-state index in [2.05, 4.69) is 190 Å². The molecule has 0 aliphatic rings. The largest absolute Gasteiger partial charge is 0.309 e. The summed E-state index contributed by atoms with van der Waals surface area (Å²) >= 11 is 0. The topological polar surface area (TPSA) is 40.0 Å². The zero-order chi connectivity index (χ0) is 42.6. The molecule has 9 aromatic carbocycles. The molecule has 12 rings (SSSR count). The molecule has 0 saturated carbocycles.